The molecule has 0 aliphatic carbocycles. The van der Waals surface area contributed by atoms with Crippen molar-refractivity contribution >= 4 is 70.7 Å². The van der Waals surface area contributed by atoms with Crippen molar-refractivity contribution in [3.63, 3.8) is 0 Å². The van der Waals surface area contributed by atoms with Crippen LogP contribution in [0.25, 0.3) is 115 Å². The molecule has 0 amide bonds. The predicted octanol–water partition coefficient (Wildman–Crippen LogP) is 14.9. The zero-order valence-corrected chi connectivity index (χ0v) is 31.0. The Kier molecular flexibility index (Phi) is 6.96. The van der Waals surface area contributed by atoms with E-state index in [2.05, 4.69) is 211 Å². The minimum atomic E-state index is 0.992. The van der Waals surface area contributed by atoms with Crippen molar-refractivity contribution in [2.45, 2.75) is 0 Å². The molecule has 2 nitrogen and oxygen atoms in total. The third-order valence-corrected chi connectivity index (χ3v) is 11.9. The lowest BCUT2D eigenvalue weighted by atomic mass is 9.85. The number of benzene rings is 10. The average molecular weight is 723 g/mol. The molecule has 0 fully saturated rings. The molecule has 0 spiro atoms. The van der Waals surface area contributed by atoms with Crippen molar-refractivity contribution in [1.29, 1.82) is 0 Å². The highest BCUT2D eigenvalue weighted by atomic mass is 15.0. The van der Waals surface area contributed by atoms with Crippen molar-refractivity contribution in [2.75, 3.05) is 0 Å². The van der Waals surface area contributed by atoms with Gasteiger partial charge in [-0.2, -0.15) is 0 Å². The van der Waals surface area contributed by atoms with Crippen molar-refractivity contribution in [2.24, 2.45) is 0 Å². The number of hydrogen-bond acceptors (Lipinski definition) is 1. The Hall–Kier alpha value is -7.55. The quantitative estimate of drug-likeness (QED) is 0.131. The molecule has 0 unspecified atom stereocenters. The lowest BCUT2D eigenvalue weighted by Crippen LogP contribution is -1.92. The van der Waals surface area contributed by atoms with Gasteiger partial charge in [0.2, 0.25) is 0 Å². The van der Waals surface area contributed by atoms with E-state index in [1.54, 1.807) is 0 Å². The summed E-state index contributed by atoms with van der Waals surface area (Å²) in [7, 11) is 0. The van der Waals surface area contributed by atoms with E-state index >= 15 is 0 Å². The molecular formula is C55H34N2. The Morgan fingerprint density at radius 2 is 0.807 bits per heavy atom. The van der Waals surface area contributed by atoms with E-state index in [1.807, 2.05) is 0 Å². The molecule has 2 aromatic heterocycles. The van der Waals surface area contributed by atoms with Crippen LogP contribution < -0.4 is 0 Å². The number of nitrogens with zero attached hydrogens (tertiary/aromatic N) is 2. The maximum absolute atomic E-state index is 5.13. The van der Waals surface area contributed by atoms with Crippen LogP contribution >= 0.6 is 0 Å². The van der Waals surface area contributed by atoms with E-state index in [0.717, 1.165) is 22.1 Å². The topological polar surface area (TPSA) is 17.3 Å². The van der Waals surface area contributed by atoms with Gasteiger partial charge in [0.15, 0.2) is 0 Å². The minimum absolute atomic E-state index is 0.992. The van der Waals surface area contributed by atoms with Gasteiger partial charge in [-0.25, -0.2) is 4.98 Å². The first kappa shape index (κ1) is 31.8. The molecule has 264 valence electrons. The Bertz CT molecular complexity index is 3520. The van der Waals surface area contributed by atoms with Gasteiger partial charge in [-0.15, -0.1) is 0 Å². The first-order valence-electron chi connectivity index (χ1n) is 19.6. The molecule has 57 heavy (non-hydrogen) atoms. The van der Waals surface area contributed by atoms with E-state index < -0.39 is 0 Å². The fourth-order valence-corrected chi connectivity index (χ4v) is 9.29. The molecule has 0 aliphatic heterocycles. The maximum atomic E-state index is 5.13. The summed E-state index contributed by atoms with van der Waals surface area (Å²) in [6, 6.07) is 75.4. The van der Waals surface area contributed by atoms with Gasteiger partial charge in [-0.05, 0) is 125 Å². The summed E-state index contributed by atoms with van der Waals surface area (Å²) in [5.41, 5.74) is 14.1. The standard InChI is InChI=1S/C55H34N2/c1-2-13-38-32-40(29-26-35(38)12-1)36-24-27-37(28-25-36)53-44-17-3-5-19-46(44)54(47-20-6-4-18-45(47)53)42-15-11-14-39(33-42)41-30-31-48-49(34-41)43-16-7-9-22-51(43)57-52-23-10-8-21-50(52)56-55(48)57/h1-34H. The second kappa shape index (κ2) is 12.5. The molecule has 0 saturated carbocycles. The van der Waals surface area contributed by atoms with Gasteiger partial charge in [0.25, 0.3) is 0 Å². The number of fused-ring (bicyclic) bond motifs is 11. The number of pyridine rings is 1. The number of rotatable bonds is 4. The van der Waals surface area contributed by atoms with Crippen LogP contribution in [-0.2, 0) is 0 Å². The number of hydrogen-bond donors (Lipinski definition) is 0. The molecule has 0 saturated heterocycles. The fraction of sp³-hybridized carbons (Fsp3) is 0. The van der Waals surface area contributed by atoms with Crippen molar-refractivity contribution < 1.29 is 0 Å². The van der Waals surface area contributed by atoms with Crippen molar-refractivity contribution in [3.8, 4) is 44.5 Å². The van der Waals surface area contributed by atoms with Crippen LogP contribution in [0.4, 0.5) is 0 Å². The fourth-order valence-electron chi connectivity index (χ4n) is 9.29. The molecule has 0 bridgehead atoms. The minimum Gasteiger partial charge on any atom is -0.292 e. The summed E-state index contributed by atoms with van der Waals surface area (Å²) >= 11 is 0. The number of aromatic nitrogens is 2. The summed E-state index contributed by atoms with van der Waals surface area (Å²) in [6.07, 6.45) is 0. The highest BCUT2D eigenvalue weighted by Gasteiger charge is 2.18. The van der Waals surface area contributed by atoms with Crippen LogP contribution in [0.5, 0.6) is 0 Å². The lowest BCUT2D eigenvalue weighted by Gasteiger charge is -2.18. The molecule has 2 heteroatoms. The average Bonchev–Trinajstić information content (AvgIpc) is 3.68. The highest BCUT2D eigenvalue weighted by molar-refractivity contribution is 6.22. The van der Waals surface area contributed by atoms with E-state index in [0.29, 0.717) is 0 Å². The third-order valence-electron chi connectivity index (χ3n) is 11.9. The lowest BCUT2D eigenvalue weighted by molar-refractivity contribution is 1.31. The zero-order valence-electron chi connectivity index (χ0n) is 31.0. The Labute approximate surface area is 329 Å². The molecule has 0 radical (unpaired) electrons. The molecule has 0 N–H and O–H groups in total. The molecular weight excluding hydrogens is 689 g/mol. The van der Waals surface area contributed by atoms with Gasteiger partial charge >= 0.3 is 0 Å². The smallest absolute Gasteiger partial charge is 0.146 e. The number of imidazole rings is 1. The summed E-state index contributed by atoms with van der Waals surface area (Å²) in [5, 5.41) is 11.1. The highest BCUT2D eigenvalue weighted by Crippen LogP contribution is 2.45. The SMILES string of the molecule is c1cc(-c2ccc3c(c2)c2ccccc2n2c4ccccc4nc32)cc(-c2c3ccccc3c(-c3ccc(-c4ccc5ccccc5c4)cc3)c3ccccc23)c1. The van der Waals surface area contributed by atoms with Gasteiger partial charge in [0, 0.05) is 10.8 Å². The van der Waals surface area contributed by atoms with Gasteiger partial charge in [0.05, 0.1) is 16.6 Å². The van der Waals surface area contributed by atoms with Crippen LogP contribution in [0, 0.1) is 0 Å². The normalized spacial score (nSPS) is 11.9. The predicted molar refractivity (Wildman–Crippen MR) is 242 cm³/mol. The van der Waals surface area contributed by atoms with Crippen LogP contribution in [0.2, 0.25) is 0 Å². The van der Waals surface area contributed by atoms with Gasteiger partial charge in [0.1, 0.15) is 5.65 Å². The molecule has 0 aliphatic rings. The Balaban J connectivity index is 1.01. The Morgan fingerprint density at radius 3 is 1.56 bits per heavy atom. The Morgan fingerprint density at radius 1 is 0.281 bits per heavy atom. The number of para-hydroxylation sites is 3. The van der Waals surface area contributed by atoms with Gasteiger partial charge in [-0.3, -0.25) is 4.40 Å². The molecule has 12 aromatic rings. The molecule has 12 rings (SSSR count). The van der Waals surface area contributed by atoms with E-state index in [1.165, 1.54) is 93.1 Å². The second-order valence-corrected chi connectivity index (χ2v) is 15.1. The van der Waals surface area contributed by atoms with Crippen LogP contribution in [0.3, 0.4) is 0 Å². The van der Waals surface area contributed by atoms with E-state index in [4.69, 9.17) is 4.98 Å². The van der Waals surface area contributed by atoms with E-state index in [9.17, 15) is 0 Å². The monoisotopic (exact) mass is 722 g/mol. The first-order valence-corrected chi connectivity index (χ1v) is 19.6. The van der Waals surface area contributed by atoms with Crippen LogP contribution in [-0.4, -0.2) is 9.38 Å². The largest absolute Gasteiger partial charge is 0.292 e. The van der Waals surface area contributed by atoms with Crippen molar-refractivity contribution in [3.05, 3.63) is 206 Å². The summed E-state index contributed by atoms with van der Waals surface area (Å²) in [5.74, 6) is 0. The zero-order chi connectivity index (χ0) is 37.5. The van der Waals surface area contributed by atoms with Crippen LogP contribution in [0.15, 0.2) is 206 Å². The van der Waals surface area contributed by atoms with Crippen molar-refractivity contribution in [1.82, 2.24) is 9.38 Å². The van der Waals surface area contributed by atoms with E-state index in [-0.39, 0.29) is 0 Å². The molecule has 10 aromatic carbocycles. The second-order valence-electron chi connectivity index (χ2n) is 15.1. The van der Waals surface area contributed by atoms with Gasteiger partial charge < -0.3 is 0 Å². The van der Waals surface area contributed by atoms with Gasteiger partial charge in [-0.1, -0.05) is 164 Å². The molecule has 2 heterocycles. The molecule has 0 atom stereocenters. The summed E-state index contributed by atoms with van der Waals surface area (Å²) < 4.78 is 2.31. The summed E-state index contributed by atoms with van der Waals surface area (Å²) in [4.78, 5) is 5.13. The summed E-state index contributed by atoms with van der Waals surface area (Å²) in [6.45, 7) is 0. The maximum Gasteiger partial charge on any atom is 0.146 e. The first-order chi connectivity index (χ1) is 28.3. The van der Waals surface area contributed by atoms with Crippen LogP contribution in [0.1, 0.15) is 0 Å². The third kappa shape index (κ3) is 4.94.